The number of nitrogens with one attached hydrogen (secondary N) is 2. The van der Waals surface area contributed by atoms with Crippen LogP contribution in [-0.2, 0) is 19.2 Å². The highest BCUT2D eigenvalue weighted by Crippen LogP contribution is 2.11. The van der Waals surface area contributed by atoms with Crippen LogP contribution in [0.2, 0.25) is 0 Å². The zero-order valence-electron chi connectivity index (χ0n) is 15.1. The van der Waals surface area contributed by atoms with Crippen LogP contribution in [0.5, 0.6) is 0 Å². The van der Waals surface area contributed by atoms with E-state index in [1.54, 1.807) is 20.8 Å². The molecule has 0 radical (unpaired) electrons. The molecular formula is C16H29N3O6. The van der Waals surface area contributed by atoms with Crippen LogP contribution in [0.25, 0.3) is 0 Å². The van der Waals surface area contributed by atoms with Crippen LogP contribution in [0.15, 0.2) is 0 Å². The third-order valence-electron chi connectivity index (χ3n) is 4.03. The molecule has 25 heavy (non-hydrogen) atoms. The van der Waals surface area contributed by atoms with Gasteiger partial charge < -0.3 is 26.6 Å². The summed E-state index contributed by atoms with van der Waals surface area (Å²) < 4.78 is 0. The largest absolute Gasteiger partial charge is 0.481 e. The molecule has 9 heteroatoms. The molecule has 0 saturated carbocycles. The Morgan fingerprint density at radius 1 is 0.960 bits per heavy atom. The van der Waals surface area contributed by atoms with Gasteiger partial charge in [-0.15, -0.1) is 0 Å². The lowest BCUT2D eigenvalue weighted by Crippen LogP contribution is -2.57. The fraction of sp³-hybridized carbons (Fsp3) is 0.750. The monoisotopic (exact) mass is 359 g/mol. The minimum Gasteiger partial charge on any atom is -0.481 e. The highest BCUT2D eigenvalue weighted by Gasteiger charge is 2.32. The Bertz CT molecular complexity index is 494. The lowest BCUT2D eigenvalue weighted by Gasteiger charge is -2.27. The van der Waals surface area contributed by atoms with Crippen molar-refractivity contribution in [1.82, 2.24) is 10.6 Å². The Balaban J connectivity index is 5.05. The number of carbonyl (C=O) groups excluding carboxylic acids is 2. The molecule has 4 unspecified atom stereocenters. The predicted molar refractivity (Wildman–Crippen MR) is 90.6 cm³/mol. The van der Waals surface area contributed by atoms with Crippen LogP contribution in [0.1, 0.15) is 47.0 Å². The highest BCUT2D eigenvalue weighted by atomic mass is 16.4. The Morgan fingerprint density at radius 3 is 1.88 bits per heavy atom. The van der Waals surface area contributed by atoms with Gasteiger partial charge >= 0.3 is 11.9 Å². The van der Waals surface area contributed by atoms with Gasteiger partial charge in [0.15, 0.2) is 0 Å². The normalized spacial score (nSPS) is 15.8. The molecule has 0 aliphatic rings. The van der Waals surface area contributed by atoms with Crippen LogP contribution < -0.4 is 16.4 Å². The third kappa shape index (κ3) is 7.97. The lowest BCUT2D eigenvalue weighted by atomic mass is 9.96. The molecule has 4 atom stereocenters. The van der Waals surface area contributed by atoms with Crippen molar-refractivity contribution in [1.29, 1.82) is 0 Å². The molecule has 0 aromatic rings. The molecule has 0 fully saturated rings. The van der Waals surface area contributed by atoms with Crippen LogP contribution in [0.3, 0.4) is 0 Å². The van der Waals surface area contributed by atoms with Crippen LogP contribution in [-0.4, -0.2) is 52.1 Å². The fourth-order valence-corrected chi connectivity index (χ4v) is 2.13. The van der Waals surface area contributed by atoms with E-state index in [4.69, 9.17) is 10.8 Å². The van der Waals surface area contributed by atoms with Crippen LogP contribution in [0.4, 0.5) is 0 Å². The van der Waals surface area contributed by atoms with Crippen molar-refractivity contribution in [3.05, 3.63) is 0 Å². The summed E-state index contributed by atoms with van der Waals surface area (Å²) in [5.41, 5.74) is 5.65. The number of rotatable bonds is 11. The van der Waals surface area contributed by atoms with Gasteiger partial charge in [0.05, 0.1) is 6.04 Å². The predicted octanol–water partition coefficient (Wildman–Crippen LogP) is -0.0652. The quantitative estimate of drug-likeness (QED) is 0.345. The van der Waals surface area contributed by atoms with Gasteiger partial charge in [0, 0.05) is 6.42 Å². The zero-order chi connectivity index (χ0) is 19.7. The van der Waals surface area contributed by atoms with Gasteiger partial charge in [-0.1, -0.05) is 34.1 Å². The molecule has 0 aromatic carbocycles. The van der Waals surface area contributed by atoms with Crippen molar-refractivity contribution in [3.63, 3.8) is 0 Å². The topological polar surface area (TPSA) is 159 Å². The molecule has 2 amide bonds. The summed E-state index contributed by atoms with van der Waals surface area (Å²) in [4.78, 5) is 46.4. The maximum absolute atomic E-state index is 12.5. The summed E-state index contributed by atoms with van der Waals surface area (Å²) in [6, 6.07) is -3.08. The first kappa shape index (κ1) is 22.8. The summed E-state index contributed by atoms with van der Waals surface area (Å²) in [5, 5.41) is 22.8. The van der Waals surface area contributed by atoms with Crippen LogP contribution in [0, 0.1) is 11.8 Å². The molecule has 0 bridgehead atoms. The first-order valence-electron chi connectivity index (χ1n) is 8.32. The number of hydrogen-bond acceptors (Lipinski definition) is 5. The molecule has 6 N–H and O–H groups in total. The summed E-state index contributed by atoms with van der Waals surface area (Å²) in [5.74, 6) is -4.05. The average molecular weight is 359 g/mol. The van der Waals surface area contributed by atoms with Crippen molar-refractivity contribution < 1.29 is 29.4 Å². The van der Waals surface area contributed by atoms with E-state index in [-0.39, 0.29) is 24.7 Å². The van der Waals surface area contributed by atoms with Gasteiger partial charge in [0.1, 0.15) is 12.1 Å². The molecule has 0 aliphatic heterocycles. The molecule has 9 nitrogen and oxygen atoms in total. The first-order valence-corrected chi connectivity index (χ1v) is 8.32. The first-order chi connectivity index (χ1) is 11.5. The van der Waals surface area contributed by atoms with Crippen LogP contribution >= 0.6 is 0 Å². The molecule has 0 aromatic heterocycles. The van der Waals surface area contributed by atoms with Gasteiger partial charge in [-0.25, -0.2) is 4.79 Å². The highest BCUT2D eigenvalue weighted by molar-refractivity contribution is 5.92. The van der Waals surface area contributed by atoms with Crippen molar-refractivity contribution in [3.8, 4) is 0 Å². The Labute approximate surface area is 147 Å². The summed E-state index contributed by atoms with van der Waals surface area (Å²) >= 11 is 0. The van der Waals surface area contributed by atoms with E-state index in [0.29, 0.717) is 6.42 Å². The summed E-state index contributed by atoms with van der Waals surface area (Å²) in [6.07, 6.45) is 0.255. The summed E-state index contributed by atoms with van der Waals surface area (Å²) in [6.45, 7) is 6.91. The minimum absolute atomic E-state index is 0.0558. The second-order valence-electron chi connectivity index (χ2n) is 6.48. The smallest absolute Gasteiger partial charge is 0.326 e. The molecule has 0 heterocycles. The van der Waals surface area contributed by atoms with Crippen molar-refractivity contribution in [2.24, 2.45) is 17.6 Å². The van der Waals surface area contributed by atoms with Gasteiger partial charge in [0.25, 0.3) is 0 Å². The number of carbonyl (C=O) groups is 4. The number of carboxylic acid groups (broad SMARTS) is 2. The van der Waals surface area contributed by atoms with E-state index >= 15 is 0 Å². The molecule has 0 rings (SSSR count). The number of hydrogen-bond donors (Lipinski definition) is 5. The van der Waals surface area contributed by atoms with E-state index in [1.807, 2.05) is 6.92 Å². The second-order valence-corrected chi connectivity index (χ2v) is 6.48. The maximum Gasteiger partial charge on any atom is 0.326 e. The van der Waals surface area contributed by atoms with Gasteiger partial charge in [-0.2, -0.15) is 0 Å². The average Bonchev–Trinajstić information content (AvgIpc) is 2.53. The summed E-state index contributed by atoms with van der Waals surface area (Å²) in [7, 11) is 0. The minimum atomic E-state index is -1.16. The molecule has 0 aliphatic carbocycles. The fourth-order valence-electron chi connectivity index (χ4n) is 2.13. The Morgan fingerprint density at radius 2 is 1.48 bits per heavy atom. The number of amides is 2. The molecule has 0 spiro atoms. The molecule has 0 saturated heterocycles. The number of nitrogens with two attached hydrogens (primary N) is 1. The Hall–Kier alpha value is -2.16. The molecule has 144 valence electrons. The standard InChI is InChI=1S/C16H29N3O6/c1-5-9(4)13(15(23)18-12(8(2)3)16(24)25)19-14(22)10(17)6-7-11(20)21/h8-10,12-13H,5-7,17H2,1-4H3,(H,18,23)(H,19,22)(H,20,21)(H,24,25). The van der Waals surface area contributed by atoms with E-state index < -0.39 is 41.9 Å². The van der Waals surface area contributed by atoms with E-state index in [9.17, 15) is 24.3 Å². The molecular weight excluding hydrogens is 330 g/mol. The number of aliphatic carboxylic acids is 2. The van der Waals surface area contributed by atoms with E-state index in [2.05, 4.69) is 10.6 Å². The zero-order valence-corrected chi connectivity index (χ0v) is 15.1. The maximum atomic E-state index is 12.5. The van der Waals surface area contributed by atoms with Crippen molar-refractivity contribution in [2.75, 3.05) is 0 Å². The van der Waals surface area contributed by atoms with Crippen molar-refractivity contribution >= 4 is 23.8 Å². The second kappa shape index (κ2) is 10.7. The van der Waals surface area contributed by atoms with Gasteiger partial charge in [-0.3, -0.25) is 14.4 Å². The van der Waals surface area contributed by atoms with Gasteiger partial charge in [0.2, 0.25) is 11.8 Å². The van der Waals surface area contributed by atoms with Gasteiger partial charge in [-0.05, 0) is 18.3 Å². The lowest BCUT2D eigenvalue weighted by molar-refractivity contribution is -0.143. The SMILES string of the molecule is CCC(C)C(NC(=O)C(N)CCC(=O)O)C(=O)NC(C(=O)O)C(C)C. The van der Waals surface area contributed by atoms with E-state index in [0.717, 1.165) is 0 Å². The Kier molecular flexibility index (Phi) is 9.73. The number of carboxylic acids is 2. The third-order valence-corrected chi connectivity index (χ3v) is 4.03. The van der Waals surface area contributed by atoms with Crippen molar-refractivity contribution in [2.45, 2.75) is 65.1 Å². The van der Waals surface area contributed by atoms with E-state index in [1.165, 1.54) is 0 Å².